The maximum Gasteiger partial charge on any atom is 0.170 e. The lowest BCUT2D eigenvalue weighted by Gasteiger charge is -2.32. The Balaban J connectivity index is 2.36. The van der Waals surface area contributed by atoms with Crippen LogP contribution < -0.4 is 0 Å². The first-order chi connectivity index (χ1) is 8.44. The molecule has 0 aromatic heterocycles. The third-order valence-corrected chi connectivity index (χ3v) is 4.07. The Morgan fingerprint density at radius 2 is 1.72 bits per heavy atom. The van der Waals surface area contributed by atoms with Crippen molar-refractivity contribution in [3.05, 3.63) is 34.4 Å². The van der Waals surface area contributed by atoms with E-state index in [0.717, 1.165) is 44.2 Å². The normalized spacial score (nSPS) is 18.7. The quantitative estimate of drug-likeness (QED) is 0.560. The molecule has 18 heavy (non-hydrogen) atoms. The SMILES string of the molecule is CC1(C(=O)c2cc(F)c(F)cc2Cl)CCCCC1. The van der Waals surface area contributed by atoms with E-state index in [-0.39, 0.29) is 16.4 Å². The fourth-order valence-corrected chi connectivity index (χ4v) is 2.82. The van der Waals surface area contributed by atoms with E-state index in [0.29, 0.717) is 0 Å². The summed E-state index contributed by atoms with van der Waals surface area (Å²) in [5.74, 6) is -2.22. The number of Topliss-reactive ketones (excluding diaryl/α,β-unsaturated/α-hetero) is 1. The summed E-state index contributed by atoms with van der Waals surface area (Å²) in [5, 5.41) is -0.00861. The molecule has 98 valence electrons. The van der Waals surface area contributed by atoms with Gasteiger partial charge >= 0.3 is 0 Å². The van der Waals surface area contributed by atoms with Gasteiger partial charge in [0, 0.05) is 11.0 Å². The van der Waals surface area contributed by atoms with Gasteiger partial charge in [-0.15, -0.1) is 0 Å². The molecular weight excluding hydrogens is 258 g/mol. The summed E-state index contributed by atoms with van der Waals surface area (Å²) < 4.78 is 26.2. The number of hydrogen-bond acceptors (Lipinski definition) is 1. The number of rotatable bonds is 2. The first-order valence-electron chi connectivity index (χ1n) is 6.13. The Labute approximate surface area is 110 Å². The first kappa shape index (κ1) is 13.5. The van der Waals surface area contributed by atoms with Gasteiger partial charge in [-0.05, 0) is 25.0 Å². The van der Waals surface area contributed by atoms with E-state index >= 15 is 0 Å². The minimum Gasteiger partial charge on any atom is -0.294 e. The Bertz CT molecular complexity index is 479. The highest BCUT2D eigenvalue weighted by Crippen LogP contribution is 2.40. The van der Waals surface area contributed by atoms with Gasteiger partial charge < -0.3 is 0 Å². The van der Waals surface area contributed by atoms with E-state index in [1.165, 1.54) is 0 Å². The van der Waals surface area contributed by atoms with Crippen molar-refractivity contribution in [1.29, 1.82) is 0 Å². The van der Waals surface area contributed by atoms with Crippen molar-refractivity contribution >= 4 is 17.4 Å². The summed E-state index contributed by atoms with van der Waals surface area (Å²) in [7, 11) is 0. The van der Waals surface area contributed by atoms with Crippen LogP contribution in [0.4, 0.5) is 8.78 Å². The number of carbonyl (C=O) groups is 1. The van der Waals surface area contributed by atoms with Gasteiger partial charge in [-0.3, -0.25) is 4.79 Å². The van der Waals surface area contributed by atoms with Crippen molar-refractivity contribution in [3.8, 4) is 0 Å². The molecule has 2 rings (SSSR count). The highest BCUT2D eigenvalue weighted by Gasteiger charge is 2.36. The maximum atomic E-state index is 13.2. The monoisotopic (exact) mass is 272 g/mol. The average Bonchev–Trinajstić information content (AvgIpc) is 2.34. The molecule has 0 atom stereocenters. The maximum absolute atomic E-state index is 13.2. The summed E-state index contributed by atoms with van der Waals surface area (Å²) >= 11 is 5.85. The second-order valence-corrected chi connectivity index (χ2v) is 5.60. The van der Waals surface area contributed by atoms with Crippen LogP contribution in [0.2, 0.25) is 5.02 Å². The predicted octanol–water partition coefficient (Wildman–Crippen LogP) is 4.77. The highest BCUT2D eigenvalue weighted by molar-refractivity contribution is 6.34. The van der Waals surface area contributed by atoms with Crippen molar-refractivity contribution in [3.63, 3.8) is 0 Å². The van der Waals surface area contributed by atoms with Gasteiger partial charge in [-0.1, -0.05) is 37.8 Å². The van der Waals surface area contributed by atoms with Crippen LogP contribution >= 0.6 is 11.6 Å². The second kappa shape index (κ2) is 4.96. The van der Waals surface area contributed by atoms with Crippen LogP contribution in [0.25, 0.3) is 0 Å². The predicted molar refractivity (Wildman–Crippen MR) is 66.9 cm³/mol. The van der Waals surface area contributed by atoms with Gasteiger partial charge in [0.15, 0.2) is 17.4 Å². The Hall–Kier alpha value is -0.960. The van der Waals surface area contributed by atoms with Crippen LogP contribution in [0, 0.1) is 17.0 Å². The van der Waals surface area contributed by atoms with E-state index in [1.807, 2.05) is 6.92 Å². The Morgan fingerprint density at radius 3 is 2.33 bits per heavy atom. The number of benzene rings is 1. The Kier molecular flexibility index (Phi) is 3.71. The van der Waals surface area contributed by atoms with Crippen LogP contribution in [0.5, 0.6) is 0 Å². The molecule has 1 aromatic rings. The smallest absolute Gasteiger partial charge is 0.170 e. The minimum atomic E-state index is -1.03. The molecule has 1 nitrogen and oxygen atoms in total. The summed E-state index contributed by atoms with van der Waals surface area (Å²) in [6.45, 7) is 1.88. The van der Waals surface area contributed by atoms with E-state index in [9.17, 15) is 13.6 Å². The number of ketones is 1. The lowest BCUT2D eigenvalue weighted by atomic mass is 9.71. The van der Waals surface area contributed by atoms with Gasteiger partial charge in [-0.25, -0.2) is 8.78 Å². The van der Waals surface area contributed by atoms with Gasteiger partial charge in [-0.2, -0.15) is 0 Å². The molecule has 0 aliphatic heterocycles. The zero-order valence-electron chi connectivity index (χ0n) is 10.2. The van der Waals surface area contributed by atoms with Crippen molar-refractivity contribution in [2.75, 3.05) is 0 Å². The van der Waals surface area contributed by atoms with Gasteiger partial charge in [0.2, 0.25) is 0 Å². The largest absolute Gasteiger partial charge is 0.294 e. The van der Waals surface area contributed by atoms with Gasteiger partial charge in [0.1, 0.15) is 0 Å². The van der Waals surface area contributed by atoms with E-state index < -0.39 is 17.0 Å². The zero-order valence-corrected chi connectivity index (χ0v) is 11.0. The standard InChI is InChI=1S/C14H15ClF2O/c1-14(5-3-2-4-6-14)13(18)9-7-11(16)12(17)8-10(9)15/h7-8H,2-6H2,1H3. The van der Waals surface area contributed by atoms with Crippen LogP contribution in [-0.2, 0) is 0 Å². The van der Waals surface area contributed by atoms with E-state index in [4.69, 9.17) is 11.6 Å². The fourth-order valence-electron chi connectivity index (χ4n) is 2.58. The number of carbonyl (C=O) groups excluding carboxylic acids is 1. The summed E-state index contributed by atoms with van der Waals surface area (Å²) in [6, 6.07) is 1.79. The average molecular weight is 273 g/mol. The van der Waals surface area contributed by atoms with Gasteiger partial charge in [0.25, 0.3) is 0 Å². The molecule has 1 aromatic carbocycles. The number of hydrogen-bond donors (Lipinski definition) is 0. The second-order valence-electron chi connectivity index (χ2n) is 5.20. The lowest BCUT2D eigenvalue weighted by molar-refractivity contribution is 0.0749. The molecule has 1 fully saturated rings. The molecule has 0 saturated heterocycles. The Morgan fingerprint density at radius 1 is 1.17 bits per heavy atom. The van der Waals surface area contributed by atoms with Crippen molar-refractivity contribution < 1.29 is 13.6 Å². The molecule has 0 unspecified atom stereocenters. The summed E-state index contributed by atoms with van der Waals surface area (Å²) in [6.07, 6.45) is 4.66. The first-order valence-corrected chi connectivity index (χ1v) is 6.51. The third-order valence-electron chi connectivity index (χ3n) is 3.76. The molecule has 0 heterocycles. The molecule has 4 heteroatoms. The van der Waals surface area contributed by atoms with Gasteiger partial charge in [0.05, 0.1) is 5.02 Å². The lowest BCUT2D eigenvalue weighted by Crippen LogP contribution is -2.30. The molecule has 1 saturated carbocycles. The third kappa shape index (κ3) is 2.41. The molecule has 0 spiro atoms. The molecule has 1 aliphatic carbocycles. The molecule has 0 radical (unpaired) electrons. The molecule has 1 aliphatic rings. The van der Waals surface area contributed by atoms with Crippen LogP contribution in [-0.4, -0.2) is 5.78 Å². The molecule has 0 N–H and O–H groups in total. The van der Waals surface area contributed by atoms with Crippen LogP contribution in [0.15, 0.2) is 12.1 Å². The van der Waals surface area contributed by atoms with Crippen molar-refractivity contribution in [2.45, 2.75) is 39.0 Å². The molecular formula is C14H15ClF2O. The van der Waals surface area contributed by atoms with E-state index in [2.05, 4.69) is 0 Å². The molecule has 0 amide bonds. The minimum absolute atomic E-state index is 0.00861. The summed E-state index contributed by atoms with van der Waals surface area (Å²) in [4.78, 5) is 12.4. The van der Waals surface area contributed by atoms with Crippen LogP contribution in [0.1, 0.15) is 49.4 Å². The highest BCUT2D eigenvalue weighted by atomic mass is 35.5. The molecule has 0 bridgehead atoms. The zero-order chi connectivity index (χ0) is 13.3. The fraction of sp³-hybridized carbons (Fsp3) is 0.500. The van der Waals surface area contributed by atoms with Crippen LogP contribution in [0.3, 0.4) is 0 Å². The number of halogens is 3. The summed E-state index contributed by atoms with van der Waals surface area (Å²) in [5.41, 5.74) is -0.397. The van der Waals surface area contributed by atoms with Crippen molar-refractivity contribution in [2.24, 2.45) is 5.41 Å². The van der Waals surface area contributed by atoms with E-state index in [1.54, 1.807) is 0 Å². The topological polar surface area (TPSA) is 17.1 Å². The van der Waals surface area contributed by atoms with Crippen molar-refractivity contribution in [1.82, 2.24) is 0 Å².